The number of unbranched alkanes of at least 4 members (excludes halogenated alkanes) is 10. The zero-order chi connectivity index (χ0) is 35.7. The maximum absolute atomic E-state index is 11.6. The van der Waals surface area contributed by atoms with Gasteiger partial charge in [0.05, 0.1) is 55.1 Å². The van der Waals surface area contributed by atoms with E-state index < -0.39 is 12.2 Å². The number of aliphatic hydroxyl groups excluding tert-OH is 2. The Balaban J connectivity index is 1.12. The third kappa shape index (κ3) is 14.0. The molecule has 0 bridgehead atoms. The lowest BCUT2D eigenvalue weighted by Crippen LogP contribution is -2.74. The lowest BCUT2D eigenvalue weighted by molar-refractivity contribution is -0.0818. The van der Waals surface area contributed by atoms with E-state index in [0.29, 0.717) is 18.1 Å². The van der Waals surface area contributed by atoms with Crippen LogP contribution in [-0.2, 0) is 14.2 Å². The molecule has 5 N–H and O–H groups in total. The maximum Gasteiger partial charge on any atom is 0.0649 e. The van der Waals surface area contributed by atoms with Crippen molar-refractivity contribution in [2.45, 2.75) is 242 Å². The van der Waals surface area contributed by atoms with Crippen molar-refractivity contribution in [2.24, 2.45) is 17.8 Å². The monoisotopic (exact) mass is 720 g/mol. The van der Waals surface area contributed by atoms with E-state index in [1.807, 2.05) is 0 Å². The standard InChI is InChI=1S/C43H81N3O5/c1-3-5-7-9-11-16-28-49-35-24-26-37(39(47)30-35)42-44-41(32-20-22-34(23-21-32)51-33-18-14-13-15-19-33)45-43(46-42)38-27-25-36(31-40(38)48)50-29-17-12-10-8-6-4-2/h32-48H,3-31H2,1-2H3. The van der Waals surface area contributed by atoms with Gasteiger partial charge < -0.3 is 24.4 Å². The molecule has 0 aromatic carbocycles. The van der Waals surface area contributed by atoms with Gasteiger partial charge in [-0.05, 0) is 95.8 Å². The summed E-state index contributed by atoms with van der Waals surface area (Å²) in [5.74, 6) is 0.781. The van der Waals surface area contributed by atoms with Gasteiger partial charge in [0.25, 0.3) is 0 Å². The Kier molecular flexibility index (Phi) is 19.3. The summed E-state index contributed by atoms with van der Waals surface area (Å²) in [5, 5.41) is 35.0. The fraction of sp³-hybridized carbons (Fsp3) is 1.00. The van der Waals surface area contributed by atoms with Crippen LogP contribution in [0, 0.1) is 17.8 Å². The van der Waals surface area contributed by atoms with Crippen LogP contribution in [0.15, 0.2) is 0 Å². The molecule has 0 aromatic heterocycles. The van der Waals surface area contributed by atoms with Gasteiger partial charge in [-0.25, -0.2) is 0 Å². The molecule has 0 radical (unpaired) electrons. The molecule has 298 valence electrons. The van der Waals surface area contributed by atoms with E-state index in [1.54, 1.807) is 0 Å². The lowest BCUT2D eigenvalue weighted by atomic mass is 9.78. The van der Waals surface area contributed by atoms with Crippen LogP contribution < -0.4 is 16.0 Å². The van der Waals surface area contributed by atoms with Crippen LogP contribution in [-0.4, -0.2) is 78.5 Å². The van der Waals surface area contributed by atoms with E-state index in [4.69, 9.17) is 14.2 Å². The number of nitrogens with one attached hydrogen (secondary N) is 3. The first kappa shape index (κ1) is 41.8. The largest absolute Gasteiger partial charge is 0.393 e. The molecule has 4 aliphatic carbocycles. The summed E-state index contributed by atoms with van der Waals surface area (Å²) >= 11 is 0. The highest BCUT2D eigenvalue weighted by Gasteiger charge is 2.45. The number of ether oxygens (including phenoxy) is 3. The molecule has 4 saturated carbocycles. The molecule has 0 amide bonds. The van der Waals surface area contributed by atoms with Crippen molar-refractivity contribution in [1.82, 2.24) is 16.0 Å². The number of hydrogen-bond acceptors (Lipinski definition) is 8. The minimum atomic E-state index is -0.395. The Hall–Kier alpha value is -0.320. The number of hydrogen-bond donors (Lipinski definition) is 5. The molecule has 5 aliphatic rings. The second kappa shape index (κ2) is 23.6. The second-order valence-corrected chi connectivity index (χ2v) is 17.5. The minimum absolute atomic E-state index is 0.0147. The molecule has 8 heteroatoms. The van der Waals surface area contributed by atoms with Crippen LogP contribution in [0.3, 0.4) is 0 Å². The molecule has 51 heavy (non-hydrogen) atoms. The van der Waals surface area contributed by atoms with E-state index in [9.17, 15) is 10.2 Å². The summed E-state index contributed by atoms with van der Waals surface area (Å²) in [6, 6.07) is 0. The fourth-order valence-electron chi connectivity index (χ4n) is 10.1. The molecule has 8 atom stereocenters. The van der Waals surface area contributed by atoms with Crippen molar-refractivity contribution in [2.75, 3.05) is 13.2 Å². The van der Waals surface area contributed by atoms with Crippen LogP contribution in [0.1, 0.15) is 187 Å². The van der Waals surface area contributed by atoms with Crippen LogP contribution in [0.4, 0.5) is 0 Å². The first-order chi connectivity index (χ1) is 25.0. The van der Waals surface area contributed by atoms with Crippen molar-refractivity contribution >= 4 is 0 Å². The third-order valence-corrected chi connectivity index (χ3v) is 13.4. The molecule has 5 rings (SSSR count). The van der Waals surface area contributed by atoms with Crippen molar-refractivity contribution in [3.05, 3.63) is 0 Å². The van der Waals surface area contributed by atoms with Gasteiger partial charge in [0.15, 0.2) is 0 Å². The van der Waals surface area contributed by atoms with Gasteiger partial charge in [0, 0.05) is 25.0 Å². The van der Waals surface area contributed by atoms with Gasteiger partial charge in [-0.1, -0.05) is 97.3 Å². The summed E-state index contributed by atoms with van der Waals surface area (Å²) in [6.45, 7) is 6.17. The first-order valence-electron chi connectivity index (χ1n) is 22.6. The Morgan fingerprint density at radius 1 is 0.451 bits per heavy atom. The summed E-state index contributed by atoms with van der Waals surface area (Å²) in [5.41, 5.74) is 0. The Bertz CT molecular complexity index is 849. The highest BCUT2D eigenvalue weighted by Crippen LogP contribution is 2.36. The van der Waals surface area contributed by atoms with Gasteiger partial charge in [0.2, 0.25) is 0 Å². The molecule has 0 aromatic rings. The second-order valence-electron chi connectivity index (χ2n) is 17.5. The molecule has 0 spiro atoms. The Morgan fingerprint density at radius 2 is 0.882 bits per heavy atom. The van der Waals surface area contributed by atoms with Gasteiger partial charge in [-0.3, -0.25) is 16.0 Å². The van der Waals surface area contributed by atoms with Crippen molar-refractivity contribution < 1.29 is 24.4 Å². The highest BCUT2D eigenvalue weighted by molar-refractivity contribution is 4.99. The predicted molar refractivity (Wildman–Crippen MR) is 207 cm³/mol. The quantitative estimate of drug-likeness (QED) is 0.0754. The van der Waals surface area contributed by atoms with Gasteiger partial charge in [-0.2, -0.15) is 0 Å². The first-order valence-corrected chi connectivity index (χ1v) is 22.6. The molecule has 5 fully saturated rings. The maximum atomic E-state index is 11.6. The van der Waals surface area contributed by atoms with Gasteiger partial charge >= 0.3 is 0 Å². The van der Waals surface area contributed by atoms with Gasteiger partial charge in [0.1, 0.15) is 0 Å². The van der Waals surface area contributed by atoms with Crippen molar-refractivity contribution in [3.63, 3.8) is 0 Å². The lowest BCUT2D eigenvalue weighted by Gasteiger charge is -2.51. The van der Waals surface area contributed by atoms with Crippen molar-refractivity contribution in [1.29, 1.82) is 0 Å². The smallest absolute Gasteiger partial charge is 0.0649 e. The molecular weight excluding hydrogens is 638 g/mol. The van der Waals surface area contributed by atoms with Crippen LogP contribution in [0.25, 0.3) is 0 Å². The summed E-state index contributed by atoms with van der Waals surface area (Å²) in [4.78, 5) is 0. The van der Waals surface area contributed by atoms with Crippen LogP contribution in [0.2, 0.25) is 0 Å². The fourth-order valence-corrected chi connectivity index (χ4v) is 10.1. The predicted octanol–water partition coefficient (Wildman–Crippen LogP) is 8.47. The summed E-state index contributed by atoms with van der Waals surface area (Å²) in [7, 11) is 0. The van der Waals surface area contributed by atoms with E-state index >= 15 is 0 Å². The SMILES string of the molecule is CCCCCCCCOC1CCC(C2NC(C3CCC(OC4CCCCC4)CC3)NC(C3CCC(OCCCCCCCC)CC3O)N2)C(O)C1. The van der Waals surface area contributed by atoms with E-state index in [1.165, 1.54) is 96.3 Å². The zero-order valence-electron chi connectivity index (χ0n) is 33.1. The van der Waals surface area contributed by atoms with Crippen LogP contribution >= 0.6 is 0 Å². The molecule has 1 saturated heterocycles. The molecule has 1 aliphatic heterocycles. The van der Waals surface area contributed by atoms with Crippen LogP contribution in [0.5, 0.6) is 0 Å². The summed E-state index contributed by atoms with van der Waals surface area (Å²) in [6.07, 6.45) is 32.3. The highest BCUT2D eigenvalue weighted by atomic mass is 16.5. The minimum Gasteiger partial charge on any atom is -0.393 e. The normalized spacial score (nSPS) is 37.1. The Morgan fingerprint density at radius 3 is 1.37 bits per heavy atom. The Labute approximate surface area is 313 Å². The number of rotatable bonds is 21. The van der Waals surface area contributed by atoms with E-state index in [0.717, 1.165) is 90.3 Å². The van der Waals surface area contributed by atoms with Gasteiger partial charge in [-0.15, -0.1) is 0 Å². The average Bonchev–Trinajstić information content (AvgIpc) is 3.15. The van der Waals surface area contributed by atoms with Crippen molar-refractivity contribution in [3.8, 4) is 0 Å². The summed E-state index contributed by atoms with van der Waals surface area (Å²) < 4.78 is 19.2. The molecular formula is C43H81N3O5. The van der Waals surface area contributed by atoms with E-state index in [2.05, 4.69) is 29.8 Å². The molecule has 8 nitrogen and oxygen atoms in total. The third-order valence-electron chi connectivity index (χ3n) is 13.4. The zero-order valence-corrected chi connectivity index (χ0v) is 33.1. The molecule has 8 unspecified atom stereocenters. The van der Waals surface area contributed by atoms with E-state index in [-0.39, 0.29) is 42.5 Å². The molecule has 1 heterocycles. The number of aliphatic hydroxyl groups is 2. The topological polar surface area (TPSA) is 104 Å². The average molecular weight is 720 g/mol.